The first-order valence-corrected chi connectivity index (χ1v) is 4.48. The third-order valence-corrected chi connectivity index (χ3v) is 2.39. The molecule has 60 valence electrons. The van der Waals surface area contributed by atoms with Crippen molar-refractivity contribution in [1.29, 1.82) is 0 Å². The highest BCUT2D eigenvalue weighted by Crippen LogP contribution is 2.20. The zero-order chi connectivity index (χ0) is 8.39. The molecular formula is C10H8BrN. The van der Waals surface area contributed by atoms with E-state index in [1.807, 2.05) is 34.1 Å². The molecule has 0 bridgehead atoms. The fourth-order valence-electron chi connectivity index (χ4n) is 1.19. The Hall–Kier alpha value is -1.02. The van der Waals surface area contributed by atoms with Gasteiger partial charge in [-0.25, -0.2) is 0 Å². The normalized spacial score (nSPS) is 10.1. The summed E-state index contributed by atoms with van der Waals surface area (Å²) in [5, 5.41) is 0. The summed E-state index contributed by atoms with van der Waals surface area (Å²) in [7, 11) is 0. The summed E-state index contributed by atoms with van der Waals surface area (Å²) in [5.74, 6) is 0. The van der Waals surface area contributed by atoms with E-state index in [9.17, 15) is 0 Å². The average Bonchev–Trinajstić information content (AvgIpc) is 2.53. The lowest BCUT2D eigenvalue weighted by atomic mass is 10.2. The zero-order valence-electron chi connectivity index (χ0n) is 6.44. The van der Waals surface area contributed by atoms with Crippen LogP contribution in [0, 0.1) is 0 Å². The molecule has 1 nitrogen and oxygen atoms in total. The van der Waals surface area contributed by atoms with E-state index in [0.717, 1.165) is 0 Å². The van der Waals surface area contributed by atoms with Gasteiger partial charge in [-0.2, -0.15) is 0 Å². The van der Waals surface area contributed by atoms with Crippen molar-refractivity contribution < 1.29 is 0 Å². The molecule has 0 saturated heterocycles. The number of hydrogen-bond donors (Lipinski definition) is 0. The van der Waals surface area contributed by atoms with Crippen LogP contribution in [0.4, 0.5) is 0 Å². The Morgan fingerprint density at radius 1 is 0.917 bits per heavy atom. The van der Waals surface area contributed by atoms with E-state index in [4.69, 9.17) is 0 Å². The number of benzene rings is 1. The smallest absolute Gasteiger partial charge is 0.0591 e. The highest BCUT2D eigenvalue weighted by atomic mass is 79.9. The maximum atomic E-state index is 3.42. The summed E-state index contributed by atoms with van der Waals surface area (Å²) in [4.78, 5) is 0. The Balaban J connectivity index is 2.51. The van der Waals surface area contributed by atoms with Gasteiger partial charge < -0.3 is 0 Å². The van der Waals surface area contributed by atoms with Gasteiger partial charge in [-0.1, -0.05) is 30.3 Å². The molecule has 1 heterocycles. The molecule has 0 unspecified atom stereocenters. The summed E-state index contributed by atoms with van der Waals surface area (Å²) in [6.07, 6.45) is 1.97. The molecule has 0 N–H and O–H groups in total. The summed E-state index contributed by atoms with van der Waals surface area (Å²) >= 11 is 3.42. The Morgan fingerprint density at radius 2 is 1.67 bits per heavy atom. The highest BCUT2D eigenvalue weighted by Gasteiger charge is 1.99. The van der Waals surface area contributed by atoms with Crippen LogP contribution in [-0.4, -0.2) is 3.59 Å². The summed E-state index contributed by atoms with van der Waals surface area (Å²) < 4.78 is 1.93. The number of rotatable bonds is 1. The molecule has 0 fully saturated rings. The monoisotopic (exact) mass is 221 g/mol. The fourth-order valence-corrected chi connectivity index (χ4v) is 1.65. The minimum absolute atomic E-state index is 1.18. The van der Waals surface area contributed by atoms with Gasteiger partial charge in [0.15, 0.2) is 0 Å². The second kappa shape index (κ2) is 3.15. The molecule has 0 amide bonds. The molecule has 0 spiro atoms. The van der Waals surface area contributed by atoms with E-state index in [-0.39, 0.29) is 0 Å². The van der Waals surface area contributed by atoms with Gasteiger partial charge >= 0.3 is 0 Å². The van der Waals surface area contributed by atoms with Crippen LogP contribution < -0.4 is 0 Å². The molecular weight excluding hydrogens is 214 g/mol. The van der Waals surface area contributed by atoms with E-state index < -0.39 is 0 Å². The molecule has 2 rings (SSSR count). The van der Waals surface area contributed by atoms with Gasteiger partial charge in [0.1, 0.15) is 0 Å². The number of aromatic nitrogens is 1. The summed E-state index contributed by atoms with van der Waals surface area (Å²) in [5.41, 5.74) is 2.40. The predicted molar refractivity (Wildman–Crippen MR) is 54.2 cm³/mol. The molecule has 0 aliphatic carbocycles. The van der Waals surface area contributed by atoms with E-state index >= 15 is 0 Å². The molecule has 2 heteroatoms. The van der Waals surface area contributed by atoms with Crippen LogP contribution in [0.5, 0.6) is 0 Å². The van der Waals surface area contributed by atoms with Crippen molar-refractivity contribution in [2.24, 2.45) is 0 Å². The molecule has 0 atom stereocenters. The number of hydrogen-bond acceptors (Lipinski definition) is 0. The highest BCUT2D eigenvalue weighted by molar-refractivity contribution is 9.08. The van der Waals surface area contributed by atoms with Crippen LogP contribution in [-0.2, 0) is 0 Å². The number of nitrogens with zero attached hydrogens (tertiary/aromatic N) is 1. The molecule has 1 aromatic carbocycles. The topological polar surface area (TPSA) is 4.93 Å². The quantitative estimate of drug-likeness (QED) is 0.697. The van der Waals surface area contributed by atoms with Crippen LogP contribution in [0.3, 0.4) is 0 Å². The third-order valence-electron chi connectivity index (χ3n) is 1.77. The van der Waals surface area contributed by atoms with E-state index in [1.165, 1.54) is 11.3 Å². The average molecular weight is 222 g/mol. The van der Waals surface area contributed by atoms with E-state index in [0.29, 0.717) is 0 Å². The molecule has 1 aromatic heterocycles. The first-order valence-electron chi connectivity index (χ1n) is 3.77. The van der Waals surface area contributed by atoms with Crippen molar-refractivity contribution in [2.45, 2.75) is 0 Å². The summed E-state index contributed by atoms with van der Waals surface area (Å²) in [6.45, 7) is 0. The minimum atomic E-state index is 1.18. The third kappa shape index (κ3) is 1.30. The van der Waals surface area contributed by atoms with Gasteiger partial charge in [-0.3, -0.25) is 3.59 Å². The molecule has 2 aromatic rings. The van der Waals surface area contributed by atoms with Crippen LogP contribution in [0.1, 0.15) is 0 Å². The van der Waals surface area contributed by atoms with Crippen molar-refractivity contribution in [3.05, 3.63) is 48.7 Å². The Bertz CT molecular complexity index is 364. The fraction of sp³-hybridized carbons (Fsp3) is 0. The van der Waals surface area contributed by atoms with Crippen molar-refractivity contribution >= 4 is 16.1 Å². The largest absolute Gasteiger partial charge is 0.284 e. The lowest BCUT2D eigenvalue weighted by molar-refractivity contribution is 1.32. The van der Waals surface area contributed by atoms with Crippen molar-refractivity contribution in [1.82, 2.24) is 3.59 Å². The van der Waals surface area contributed by atoms with Crippen molar-refractivity contribution in [3.63, 3.8) is 0 Å². The Morgan fingerprint density at radius 3 is 2.25 bits per heavy atom. The minimum Gasteiger partial charge on any atom is -0.284 e. The van der Waals surface area contributed by atoms with Gasteiger partial charge in [0.05, 0.1) is 21.8 Å². The first kappa shape index (κ1) is 7.62. The van der Waals surface area contributed by atoms with Crippen molar-refractivity contribution in [2.75, 3.05) is 0 Å². The molecule has 0 aliphatic rings. The molecule has 12 heavy (non-hydrogen) atoms. The first-order chi connectivity index (χ1) is 5.88. The van der Waals surface area contributed by atoms with Crippen LogP contribution in [0.15, 0.2) is 48.7 Å². The molecule has 0 aliphatic heterocycles. The van der Waals surface area contributed by atoms with Gasteiger partial charge in [-0.05, 0) is 17.7 Å². The molecule has 0 radical (unpaired) electrons. The van der Waals surface area contributed by atoms with Gasteiger partial charge in [0, 0.05) is 6.20 Å². The van der Waals surface area contributed by atoms with Gasteiger partial charge in [0.25, 0.3) is 0 Å². The number of halogens is 1. The second-order valence-corrected chi connectivity index (χ2v) is 3.33. The van der Waals surface area contributed by atoms with Crippen LogP contribution in [0.25, 0.3) is 11.3 Å². The second-order valence-electron chi connectivity index (χ2n) is 2.57. The lowest BCUT2D eigenvalue weighted by Crippen LogP contribution is -1.80. The Kier molecular flexibility index (Phi) is 2.00. The Labute approximate surface area is 80.0 Å². The van der Waals surface area contributed by atoms with Crippen LogP contribution >= 0.6 is 16.1 Å². The van der Waals surface area contributed by atoms with Crippen LogP contribution in [0.2, 0.25) is 0 Å². The van der Waals surface area contributed by atoms with Gasteiger partial charge in [-0.15, -0.1) is 0 Å². The maximum Gasteiger partial charge on any atom is 0.0591 e. The lowest BCUT2D eigenvalue weighted by Gasteiger charge is -1.99. The summed E-state index contributed by atoms with van der Waals surface area (Å²) in [6, 6.07) is 14.4. The predicted octanol–water partition coefficient (Wildman–Crippen LogP) is 3.31. The van der Waals surface area contributed by atoms with E-state index in [2.05, 4.69) is 34.3 Å². The van der Waals surface area contributed by atoms with Gasteiger partial charge in [0.2, 0.25) is 0 Å². The van der Waals surface area contributed by atoms with Crippen molar-refractivity contribution in [3.8, 4) is 11.3 Å². The standard InChI is InChI=1S/C10H8BrN/c11-12-8-4-7-10(12)9-5-2-1-3-6-9/h1-8H. The molecule has 0 saturated carbocycles. The zero-order valence-corrected chi connectivity index (χ0v) is 8.03. The maximum absolute atomic E-state index is 3.42. The SMILES string of the molecule is Brn1cccc1-c1ccccc1. The van der Waals surface area contributed by atoms with E-state index in [1.54, 1.807) is 0 Å².